The van der Waals surface area contributed by atoms with Crippen molar-refractivity contribution >= 4 is 17.6 Å². The summed E-state index contributed by atoms with van der Waals surface area (Å²) in [5.74, 6) is -1.51. The van der Waals surface area contributed by atoms with Crippen LogP contribution in [0.1, 0.15) is 35.6 Å². The van der Waals surface area contributed by atoms with Crippen LogP contribution in [0.2, 0.25) is 5.02 Å². The van der Waals surface area contributed by atoms with Gasteiger partial charge in [-0.1, -0.05) is 29.8 Å². The van der Waals surface area contributed by atoms with E-state index in [9.17, 15) is 8.78 Å². The van der Waals surface area contributed by atoms with E-state index >= 15 is 0 Å². The van der Waals surface area contributed by atoms with Crippen LogP contribution >= 0.6 is 11.6 Å². The van der Waals surface area contributed by atoms with Crippen molar-refractivity contribution in [2.45, 2.75) is 25.2 Å². The Hall–Kier alpha value is -2.93. The van der Waals surface area contributed by atoms with Crippen molar-refractivity contribution in [3.05, 3.63) is 88.5 Å². The number of hydrogen-bond acceptors (Lipinski definition) is 2. The van der Waals surface area contributed by atoms with Crippen LogP contribution in [0.3, 0.4) is 0 Å². The number of aromatic amines is 1. The maximum Gasteiger partial charge on any atom is 0.188 e. The van der Waals surface area contributed by atoms with Crippen molar-refractivity contribution < 1.29 is 8.78 Å². The monoisotopic (exact) mass is 431 g/mol. The van der Waals surface area contributed by atoms with Crippen molar-refractivity contribution in [1.29, 1.82) is 0 Å². The molecule has 3 aromatic rings. The molecule has 5 nitrogen and oxygen atoms in total. The molecule has 0 aliphatic heterocycles. The molecule has 1 heterocycles. The molecule has 0 bridgehead atoms. The fourth-order valence-corrected chi connectivity index (χ4v) is 3.37. The Balaban J connectivity index is 1.58. The fourth-order valence-electron chi connectivity index (χ4n) is 3.24. The molecule has 4 N–H and O–H groups in total. The van der Waals surface area contributed by atoms with Crippen LogP contribution in [-0.4, -0.2) is 29.0 Å². The first-order chi connectivity index (χ1) is 14.5. The standard InChI is InChI=1S/C22H24ClF2N5/c23-17-6-3-15(4-7-17)19(16-5-8-20(24)21(25)12-16)9-11-29-22(26)28-10-1-2-18-13-27-14-30-18/h3-8,12-14,19H,1-2,9-11H2,(H,27,30)(H3,26,28,29). The molecule has 1 aromatic heterocycles. The molecule has 0 radical (unpaired) electrons. The van der Waals surface area contributed by atoms with Gasteiger partial charge in [-0.15, -0.1) is 0 Å². The van der Waals surface area contributed by atoms with E-state index in [4.69, 9.17) is 17.3 Å². The number of aryl methyl sites for hydroxylation is 1. The van der Waals surface area contributed by atoms with E-state index < -0.39 is 11.6 Å². The SMILES string of the molecule is NC(=NCCCc1cnc[nH]1)NCCC(c1ccc(Cl)cc1)c1ccc(F)c(F)c1. The Labute approximate surface area is 179 Å². The van der Waals surface area contributed by atoms with Crippen LogP contribution in [0.5, 0.6) is 0 Å². The second-order valence-corrected chi connectivity index (χ2v) is 7.38. The summed E-state index contributed by atoms with van der Waals surface area (Å²) in [6, 6.07) is 11.3. The molecule has 158 valence electrons. The van der Waals surface area contributed by atoms with Gasteiger partial charge in [0.2, 0.25) is 0 Å². The van der Waals surface area contributed by atoms with Crippen LogP contribution < -0.4 is 11.1 Å². The van der Waals surface area contributed by atoms with Crippen molar-refractivity contribution in [3.8, 4) is 0 Å². The normalized spacial score (nSPS) is 12.7. The molecule has 30 heavy (non-hydrogen) atoms. The highest BCUT2D eigenvalue weighted by Gasteiger charge is 2.16. The summed E-state index contributed by atoms with van der Waals surface area (Å²) < 4.78 is 27.2. The molecule has 0 fully saturated rings. The Morgan fingerprint density at radius 3 is 2.60 bits per heavy atom. The molecule has 0 saturated heterocycles. The predicted octanol–water partition coefficient (Wildman–Crippen LogP) is 4.40. The number of benzene rings is 2. The molecule has 3 rings (SSSR count). The fraction of sp³-hybridized carbons (Fsp3) is 0.273. The Morgan fingerprint density at radius 2 is 1.90 bits per heavy atom. The number of imidazole rings is 1. The second kappa shape index (κ2) is 10.7. The maximum absolute atomic E-state index is 13.8. The topological polar surface area (TPSA) is 79.1 Å². The van der Waals surface area contributed by atoms with Gasteiger partial charge in [-0.2, -0.15) is 0 Å². The lowest BCUT2D eigenvalue weighted by molar-refractivity contribution is 0.505. The van der Waals surface area contributed by atoms with Crippen LogP contribution in [0, 0.1) is 11.6 Å². The summed E-state index contributed by atoms with van der Waals surface area (Å²) in [5.41, 5.74) is 8.66. The molecule has 0 amide bonds. The largest absolute Gasteiger partial charge is 0.370 e. The van der Waals surface area contributed by atoms with Gasteiger partial charge in [-0.25, -0.2) is 13.8 Å². The first-order valence-electron chi connectivity index (χ1n) is 9.74. The minimum absolute atomic E-state index is 0.141. The number of hydrogen-bond donors (Lipinski definition) is 3. The number of aromatic nitrogens is 2. The Kier molecular flexibility index (Phi) is 7.79. The number of nitrogens with two attached hydrogens (primary N) is 1. The smallest absolute Gasteiger partial charge is 0.188 e. The molecular formula is C22H24ClF2N5. The van der Waals surface area contributed by atoms with E-state index in [1.165, 1.54) is 6.07 Å². The van der Waals surface area contributed by atoms with Gasteiger partial charge in [-0.05, 0) is 54.7 Å². The predicted molar refractivity (Wildman–Crippen MR) is 116 cm³/mol. The summed E-state index contributed by atoms with van der Waals surface area (Å²) >= 11 is 5.99. The van der Waals surface area contributed by atoms with Gasteiger partial charge >= 0.3 is 0 Å². The first kappa shape index (κ1) is 21.8. The molecule has 1 atom stereocenters. The van der Waals surface area contributed by atoms with E-state index in [0.29, 0.717) is 36.1 Å². The van der Waals surface area contributed by atoms with Crippen LogP contribution in [0.25, 0.3) is 0 Å². The van der Waals surface area contributed by atoms with Gasteiger partial charge in [-0.3, -0.25) is 4.99 Å². The number of H-pyrrole nitrogens is 1. The lowest BCUT2D eigenvalue weighted by Gasteiger charge is -2.19. The second-order valence-electron chi connectivity index (χ2n) is 6.94. The summed E-state index contributed by atoms with van der Waals surface area (Å²) in [7, 11) is 0. The quantitative estimate of drug-likeness (QED) is 0.267. The van der Waals surface area contributed by atoms with E-state index in [2.05, 4.69) is 20.3 Å². The number of nitrogens with zero attached hydrogens (tertiary/aromatic N) is 2. The third-order valence-corrected chi connectivity index (χ3v) is 5.05. The number of aliphatic imine (C=N–C) groups is 1. The van der Waals surface area contributed by atoms with Crippen molar-refractivity contribution in [2.24, 2.45) is 10.7 Å². The lowest BCUT2D eigenvalue weighted by atomic mass is 9.88. The van der Waals surface area contributed by atoms with Gasteiger partial charge in [0.25, 0.3) is 0 Å². The zero-order chi connectivity index (χ0) is 21.3. The highest BCUT2D eigenvalue weighted by molar-refractivity contribution is 6.30. The summed E-state index contributed by atoms with van der Waals surface area (Å²) in [4.78, 5) is 11.4. The lowest BCUT2D eigenvalue weighted by Crippen LogP contribution is -2.33. The summed E-state index contributed by atoms with van der Waals surface area (Å²) in [5, 5.41) is 3.72. The van der Waals surface area contributed by atoms with Gasteiger partial charge in [0, 0.05) is 35.9 Å². The van der Waals surface area contributed by atoms with Gasteiger partial charge in [0.15, 0.2) is 17.6 Å². The molecular weight excluding hydrogens is 408 g/mol. The van der Waals surface area contributed by atoms with Crippen molar-refractivity contribution in [3.63, 3.8) is 0 Å². The van der Waals surface area contributed by atoms with Crippen LogP contribution in [-0.2, 0) is 6.42 Å². The highest BCUT2D eigenvalue weighted by Crippen LogP contribution is 2.29. The zero-order valence-corrected chi connectivity index (χ0v) is 17.2. The van der Waals surface area contributed by atoms with Crippen molar-refractivity contribution in [2.75, 3.05) is 13.1 Å². The Bertz CT molecular complexity index is 958. The van der Waals surface area contributed by atoms with Gasteiger partial charge < -0.3 is 16.0 Å². The van der Waals surface area contributed by atoms with Gasteiger partial charge in [0.1, 0.15) is 0 Å². The van der Waals surface area contributed by atoms with Crippen molar-refractivity contribution in [1.82, 2.24) is 15.3 Å². The van der Waals surface area contributed by atoms with Crippen LogP contribution in [0.4, 0.5) is 8.78 Å². The molecule has 1 unspecified atom stereocenters. The number of nitrogens with one attached hydrogen (secondary N) is 2. The minimum atomic E-state index is -0.863. The molecule has 0 aliphatic rings. The highest BCUT2D eigenvalue weighted by atomic mass is 35.5. The van der Waals surface area contributed by atoms with E-state index in [-0.39, 0.29) is 5.92 Å². The molecule has 0 saturated carbocycles. The number of guanidine groups is 1. The van der Waals surface area contributed by atoms with E-state index in [1.807, 2.05) is 12.1 Å². The third-order valence-electron chi connectivity index (χ3n) is 4.80. The maximum atomic E-state index is 13.8. The summed E-state index contributed by atoms with van der Waals surface area (Å²) in [6.45, 7) is 1.13. The molecule has 2 aromatic carbocycles. The average molecular weight is 432 g/mol. The average Bonchev–Trinajstić information content (AvgIpc) is 3.25. The number of rotatable bonds is 9. The minimum Gasteiger partial charge on any atom is -0.370 e. The number of halogens is 3. The zero-order valence-electron chi connectivity index (χ0n) is 16.4. The Morgan fingerprint density at radius 1 is 1.13 bits per heavy atom. The molecule has 0 aliphatic carbocycles. The molecule has 8 heteroatoms. The first-order valence-corrected chi connectivity index (χ1v) is 10.1. The third kappa shape index (κ3) is 6.29. The molecule has 0 spiro atoms. The summed E-state index contributed by atoms with van der Waals surface area (Å²) in [6.07, 6.45) is 5.77. The van der Waals surface area contributed by atoms with Gasteiger partial charge in [0.05, 0.1) is 6.33 Å². The van der Waals surface area contributed by atoms with Crippen LogP contribution in [0.15, 0.2) is 60.0 Å². The van der Waals surface area contributed by atoms with E-state index in [1.54, 1.807) is 30.7 Å². The van der Waals surface area contributed by atoms with E-state index in [0.717, 1.165) is 30.2 Å².